The molecule has 2 heterocycles. The molecule has 1 unspecified atom stereocenters. The molecule has 1 aliphatic rings. The Kier molecular flexibility index (Phi) is 5.25. The molecule has 0 aliphatic carbocycles. The van der Waals surface area contributed by atoms with Gasteiger partial charge in [0, 0.05) is 22.7 Å². The number of rotatable bonds is 4. The smallest absolute Gasteiger partial charge is 0.277 e. The summed E-state index contributed by atoms with van der Waals surface area (Å²) in [6, 6.07) is 14.4. The number of ether oxygens (including phenoxy) is 1. The number of aromatic nitrogens is 1. The Bertz CT molecular complexity index is 1310. The van der Waals surface area contributed by atoms with Gasteiger partial charge in [0.15, 0.2) is 5.03 Å². The highest BCUT2D eigenvalue weighted by Gasteiger charge is 2.32. The molecular weight excluding hydrogens is 446 g/mol. The highest BCUT2D eigenvalue weighted by atomic mass is 35.7. The van der Waals surface area contributed by atoms with Gasteiger partial charge in [0.05, 0.1) is 16.0 Å². The minimum Gasteiger partial charge on any atom is -0.376 e. The molecule has 9 heteroatoms. The van der Waals surface area contributed by atoms with Crippen molar-refractivity contribution >= 4 is 40.7 Å². The molecule has 0 amide bonds. The molecule has 1 fully saturated rings. The van der Waals surface area contributed by atoms with Crippen molar-refractivity contribution in [2.45, 2.75) is 48.1 Å². The molecule has 0 radical (unpaired) electrons. The summed E-state index contributed by atoms with van der Waals surface area (Å²) in [6.45, 7) is 4.72. The normalized spacial score (nSPS) is 19.8. The van der Waals surface area contributed by atoms with E-state index in [0.717, 1.165) is 22.4 Å². The summed E-state index contributed by atoms with van der Waals surface area (Å²) in [5.41, 5.74) is 1.05. The zero-order chi connectivity index (χ0) is 21.7. The van der Waals surface area contributed by atoms with Gasteiger partial charge in [-0.05, 0) is 68.5 Å². The average Bonchev–Trinajstić information content (AvgIpc) is 3.08. The molecule has 0 bridgehead atoms. The van der Waals surface area contributed by atoms with Crippen molar-refractivity contribution in [3.63, 3.8) is 0 Å². The van der Waals surface area contributed by atoms with Crippen LogP contribution in [0.2, 0.25) is 0 Å². The van der Waals surface area contributed by atoms with Crippen molar-refractivity contribution in [1.29, 1.82) is 0 Å². The number of nitrogens with zero attached hydrogens (tertiary/aromatic N) is 1. The summed E-state index contributed by atoms with van der Waals surface area (Å²) in [4.78, 5) is -0.0145. The third kappa shape index (κ3) is 3.89. The van der Waals surface area contributed by atoms with Crippen molar-refractivity contribution in [2.75, 3.05) is 6.61 Å². The van der Waals surface area contributed by atoms with E-state index in [9.17, 15) is 16.8 Å². The van der Waals surface area contributed by atoms with Crippen LogP contribution in [0.5, 0.6) is 0 Å². The molecule has 30 heavy (non-hydrogen) atoms. The second-order valence-electron chi connectivity index (χ2n) is 8.12. The third-order valence-electron chi connectivity index (χ3n) is 5.45. The van der Waals surface area contributed by atoms with Gasteiger partial charge in [-0.2, -0.15) is 0 Å². The molecule has 1 atom stereocenters. The van der Waals surface area contributed by atoms with Crippen LogP contribution in [-0.2, 0) is 23.8 Å². The number of halogens is 1. The number of fused-ring (bicyclic) bond motifs is 1. The lowest BCUT2D eigenvalue weighted by atomic mass is 9.83. The Morgan fingerprint density at radius 3 is 2.37 bits per heavy atom. The summed E-state index contributed by atoms with van der Waals surface area (Å²) < 4.78 is 57.6. The summed E-state index contributed by atoms with van der Waals surface area (Å²) in [7, 11) is -2.84. The van der Waals surface area contributed by atoms with Gasteiger partial charge >= 0.3 is 0 Å². The minimum atomic E-state index is -4.31. The fraction of sp³-hybridized carbons (Fsp3) is 0.333. The van der Waals surface area contributed by atoms with Crippen molar-refractivity contribution < 1.29 is 21.6 Å². The maximum Gasteiger partial charge on any atom is 0.277 e. The maximum atomic E-state index is 13.3. The highest BCUT2D eigenvalue weighted by Crippen LogP contribution is 2.38. The lowest BCUT2D eigenvalue weighted by Crippen LogP contribution is -2.32. The standard InChI is InChI=1S/C21H22ClNO5S2/c1-21(2)14-16(10-11-28-21)15-8-9-19-17(12-15)13-20(29(22,24)25)23(19)30(26,27)18-6-4-3-5-7-18/h3-9,12-13,16H,10-11,14H2,1-2H3. The summed E-state index contributed by atoms with van der Waals surface area (Å²) >= 11 is 0. The Balaban J connectivity index is 1.91. The van der Waals surface area contributed by atoms with Gasteiger partial charge in [0.2, 0.25) is 0 Å². The Hall–Kier alpha value is -1.87. The largest absolute Gasteiger partial charge is 0.376 e. The van der Waals surface area contributed by atoms with Crippen molar-refractivity contribution in [2.24, 2.45) is 0 Å². The monoisotopic (exact) mass is 467 g/mol. The SMILES string of the molecule is CC1(C)CC(c2ccc3c(c2)cc(S(=O)(=O)Cl)n3S(=O)(=O)c2ccccc2)CCO1. The van der Waals surface area contributed by atoms with Crippen LogP contribution < -0.4 is 0 Å². The zero-order valence-electron chi connectivity index (χ0n) is 16.6. The van der Waals surface area contributed by atoms with E-state index >= 15 is 0 Å². The molecule has 4 rings (SSSR count). The van der Waals surface area contributed by atoms with E-state index < -0.39 is 24.1 Å². The lowest BCUT2D eigenvalue weighted by Gasteiger charge is -2.35. The molecule has 0 saturated carbocycles. The van der Waals surface area contributed by atoms with E-state index in [-0.39, 0.29) is 21.9 Å². The Morgan fingerprint density at radius 1 is 1.03 bits per heavy atom. The minimum absolute atomic E-state index is 0.0145. The van der Waals surface area contributed by atoms with Gasteiger partial charge in [0.1, 0.15) is 0 Å². The molecule has 1 aliphatic heterocycles. The first-order valence-corrected chi connectivity index (χ1v) is 13.3. The predicted molar refractivity (Wildman–Crippen MR) is 116 cm³/mol. The van der Waals surface area contributed by atoms with E-state index in [1.165, 1.54) is 18.2 Å². The zero-order valence-corrected chi connectivity index (χ0v) is 19.0. The second kappa shape index (κ2) is 7.37. The van der Waals surface area contributed by atoms with Crippen LogP contribution >= 0.6 is 10.7 Å². The van der Waals surface area contributed by atoms with E-state index in [4.69, 9.17) is 15.4 Å². The van der Waals surface area contributed by atoms with E-state index in [2.05, 4.69) is 0 Å². The highest BCUT2D eigenvalue weighted by molar-refractivity contribution is 8.14. The molecule has 0 spiro atoms. The Labute approximate surface area is 180 Å². The van der Waals surface area contributed by atoms with Crippen LogP contribution in [0, 0.1) is 0 Å². The molecule has 1 aromatic heterocycles. The second-order valence-corrected chi connectivity index (χ2v) is 12.4. The number of hydrogen-bond donors (Lipinski definition) is 0. The summed E-state index contributed by atoms with van der Waals surface area (Å²) in [6.07, 6.45) is 1.67. The quantitative estimate of drug-likeness (QED) is 0.528. The van der Waals surface area contributed by atoms with Crippen molar-refractivity contribution in [1.82, 2.24) is 3.97 Å². The first-order chi connectivity index (χ1) is 14.0. The fourth-order valence-electron chi connectivity index (χ4n) is 4.07. The van der Waals surface area contributed by atoms with Gasteiger partial charge < -0.3 is 4.74 Å². The van der Waals surface area contributed by atoms with Crippen molar-refractivity contribution in [3.8, 4) is 0 Å². The van der Waals surface area contributed by atoms with Crippen LogP contribution in [-0.4, -0.2) is 33.0 Å². The number of benzene rings is 2. The van der Waals surface area contributed by atoms with E-state index in [0.29, 0.717) is 12.0 Å². The molecule has 0 N–H and O–H groups in total. The summed E-state index contributed by atoms with van der Waals surface area (Å²) in [5, 5.41) is 0.0445. The van der Waals surface area contributed by atoms with Gasteiger partial charge in [-0.25, -0.2) is 20.8 Å². The van der Waals surface area contributed by atoms with Crippen molar-refractivity contribution in [3.05, 3.63) is 60.2 Å². The average molecular weight is 468 g/mol. The van der Waals surface area contributed by atoms with Crippen LogP contribution in [0.4, 0.5) is 0 Å². The maximum absolute atomic E-state index is 13.3. The van der Waals surface area contributed by atoms with Crippen LogP contribution in [0.3, 0.4) is 0 Å². The predicted octanol–water partition coefficient (Wildman–Crippen LogP) is 4.48. The van der Waals surface area contributed by atoms with Crippen LogP contribution in [0.25, 0.3) is 10.9 Å². The first kappa shape index (κ1) is 21.4. The molecule has 160 valence electrons. The molecule has 2 aromatic carbocycles. The molecule has 1 saturated heterocycles. The molecule has 6 nitrogen and oxygen atoms in total. The molecule has 3 aromatic rings. The Morgan fingerprint density at radius 2 is 1.73 bits per heavy atom. The fourth-order valence-corrected chi connectivity index (χ4v) is 7.11. The van der Waals surface area contributed by atoms with E-state index in [1.807, 2.05) is 26.0 Å². The lowest BCUT2D eigenvalue weighted by molar-refractivity contribution is -0.0592. The summed E-state index contributed by atoms with van der Waals surface area (Å²) in [5.74, 6) is 0.239. The number of hydrogen-bond acceptors (Lipinski definition) is 5. The first-order valence-electron chi connectivity index (χ1n) is 9.54. The van der Waals surface area contributed by atoms with Gasteiger partial charge in [-0.1, -0.05) is 24.3 Å². The van der Waals surface area contributed by atoms with E-state index in [1.54, 1.807) is 24.3 Å². The topological polar surface area (TPSA) is 82.4 Å². The van der Waals surface area contributed by atoms with Gasteiger partial charge in [0.25, 0.3) is 19.1 Å². The van der Waals surface area contributed by atoms with Gasteiger partial charge in [-0.3, -0.25) is 0 Å². The van der Waals surface area contributed by atoms with Crippen LogP contribution in [0.1, 0.15) is 38.2 Å². The van der Waals surface area contributed by atoms with Gasteiger partial charge in [-0.15, -0.1) is 0 Å². The molecular formula is C21H22ClNO5S2. The van der Waals surface area contributed by atoms with Crippen LogP contribution in [0.15, 0.2) is 64.5 Å². The third-order valence-corrected chi connectivity index (χ3v) is 8.58.